The number of likely N-dealkylation sites (tertiary alicyclic amines) is 1. The van der Waals surface area contributed by atoms with E-state index in [9.17, 15) is 19.5 Å². The lowest BCUT2D eigenvalue weighted by Gasteiger charge is -2.38. The predicted octanol–water partition coefficient (Wildman–Crippen LogP) is 6.64. The number of phenols is 1. The van der Waals surface area contributed by atoms with Gasteiger partial charge >= 0.3 is 0 Å². The number of nitrogens with zero attached hydrogens (tertiary/aromatic N) is 4. The number of aryl methyl sites for hydroxylation is 1. The molecule has 56 heavy (non-hydrogen) atoms. The number of piperazine rings is 1. The van der Waals surface area contributed by atoms with Crippen LogP contribution in [0.15, 0.2) is 103 Å². The van der Waals surface area contributed by atoms with Crippen molar-refractivity contribution in [2.24, 2.45) is 0 Å². The molecule has 3 amide bonds. The maximum absolute atomic E-state index is 13.4. The number of hydrogen-bond acceptors (Lipinski definition) is 7. The van der Waals surface area contributed by atoms with Crippen LogP contribution in [0.1, 0.15) is 98.4 Å². The highest BCUT2D eigenvalue weighted by molar-refractivity contribution is 6.23. The third kappa shape index (κ3) is 7.03. The number of amides is 3. The number of carbonyl (C=O) groups excluding carboxylic acids is 3. The molecule has 0 radical (unpaired) electrons. The molecular weight excluding hydrogens is 699 g/mol. The summed E-state index contributed by atoms with van der Waals surface area (Å²) in [6.45, 7) is 11.7. The Balaban J connectivity index is 0.764. The van der Waals surface area contributed by atoms with Gasteiger partial charge in [0.1, 0.15) is 11.8 Å². The van der Waals surface area contributed by atoms with Crippen molar-refractivity contribution in [2.45, 2.75) is 62.3 Å². The van der Waals surface area contributed by atoms with Crippen LogP contribution in [-0.2, 0) is 11.2 Å². The van der Waals surface area contributed by atoms with Crippen LogP contribution in [0.25, 0.3) is 0 Å². The van der Waals surface area contributed by atoms with Crippen molar-refractivity contribution in [3.05, 3.63) is 142 Å². The Hall–Kier alpha value is -5.25. The van der Waals surface area contributed by atoms with Crippen molar-refractivity contribution in [3.8, 4) is 5.75 Å². The van der Waals surface area contributed by atoms with E-state index in [1.165, 1.54) is 40.7 Å². The van der Waals surface area contributed by atoms with Gasteiger partial charge in [0.15, 0.2) is 0 Å². The number of benzene rings is 4. The van der Waals surface area contributed by atoms with E-state index in [0.717, 1.165) is 75.8 Å². The van der Waals surface area contributed by atoms with Gasteiger partial charge < -0.3 is 20.2 Å². The molecule has 0 spiro atoms. The maximum Gasteiger partial charge on any atom is 0.262 e. The van der Waals surface area contributed by atoms with Crippen LogP contribution in [0.4, 0.5) is 5.69 Å². The van der Waals surface area contributed by atoms with Crippen molar-refractivity contribution in [3.63, 3.8) is 0 Å². The molecule has 3 atom stereocenters. The van der Waals surface area contributed by atoms with Gasteiger partial charge in [-0.2, -0.15) is 0 Å². The number of piperidine rings is 2. The Morgan fingerprint density at radius 2 is 1.36 bits per heavy atom. The smallest absolute Gasteiger partial charge is 0.262 e. The zero-order chi connectivity index (χ0) is 38.3. The average molecular weight is 750 g/mol. The summed E-state index contributed by atoms with van der Waals surface area (Å²) >= 11 is 0. The zero-order valence-electron chi connectivity index (χ0n) is 32.0. The van der Waals surface area contributed by atoms with E-state index in [1.54, 1.807) is 6.07 Å². The molecule has 9 heteroatoms. The number of rotatable bonds is 8. The standard InChI is InChI=1S/C47H51N5O4/c1-31-7-18-43(45(54)48-31)52-46(55)41-16-13-37(30-42(41)47(52)56)51-27-25-50(26-28-51)24-23-49-21-19-33(20-22-49)32-8-10-35(11-9-32)44-39(34-5-3-2-4-6-34)15-12-36-29-38(53)14-17-40(36)44/h2-6,8-11,13-14,16-17,29-30,33,39,43-44,53H,1,7,12,15,18-28H2,(H,48,54)/t39-,43?,44+/m0/s1. The molecule has 0 bridgehead atoms. The normalized spacial score (nSPS) is 23.6. The molecular formula is C47H51N5O4. The van der Waals surface area contributed by atoms with Gasteiger partial charge in [0.25, 0.3) is 11.8 Å². The van der Waals surface area contributed by atoms with E-state index in [0.29, 0.717) is 47.3 Å². The molecule has 1 aliphatic carbocycles. The van der Waals surface area contributed by atoms with E-state index < -0.39 is 11.9 Å². The number of carbonyl (C=O) groups is 3. The highest BCUT2D eigenvalue weighted by Gasteiger charge is 2.44. The quantitative estimate of drug-likeness (QED) is 0.195. The average Bonchev–Trinajstić information content (AvgIpc) is 3.48. The lowest BCUT2D eigenvalue weighted by molar-refractivity contribution is -0.125. The Bertz CT molecular complexity index is 2140. The number of phenolic OH excluding ortho intramolecular Hbond substituents is 1. The first kappa shape index (κ1) is 36.4. The van der Waals surface area contributed by atoms with E-state index >= 15 is 0 Å². The molecule has 4 heterocycles. The molecule has 1 unspecified atom stereocenters. The first-order valence-electron chi connectivity index (χ1n) is 20.5. The predicted molar refractivity (Wildman–Crippen MR) is 218 cm³/mol. The number of aromatic hydroxyl groups is 1. The van der Waals surface area contributed by atoms with E-state index in [-0.39, 0.29) is 17.7 Å². The monoisotopic (exact) mass is 749 g/mol. The Kier molecular flexibility index (Phi) is 9.98. The van der Waals surface area contributed by atoms with Crippen molar-refractivity contribution < 1.29 is 19.5 Å². The number of imide groups is 1. The van der Waals surface area contributed by atoms with Crippen LogP contribution in [0.5, 0.6) is 5.75 Å². The van der Waals surface area contributed by atoms with Gasteiger partial charge in [-0.3, -0.25) is 24.2 Å². The zero-order valence-corrected chi connectivity index (χ0v) is 32.0. The first-order chi connectivity index (χ1) is 27.3. The summed E-state index contributed by atoms with van der Waals surface area (Å²) in [7, 11) is 0. The van der Waals surface area contributed by atoms with Gasteiger partial charge in [0.05, 0.1) is 11.1 Å². The van der Waals surface area contributed by atoms with Gasteiger partial charge in [0, 0.05) is 56.6 Å². The van der Waals surface area contributed by atoms with Crippen LogP contribution in [0.3, 0.4) is 0 Å². The van der Waals surface area contributed by atoms with Crippen LogP contribution in [0, 0.1) is 0 Å². The lowest BCUT2D eigenvalue weighted by atomic mass is 9.69. The Morgan fingerprint density at radius 1 is 0.661 bits per heavy atom. The van der Waals surface area contributed by atoms with Crippen LogP contribution < -0.4 is 10.2 Å². The lowest BCUT2D eigenvalue weighted by Crippen LogP contribution is -2.51. The number of nitrogens with one attached hydrogen (secondary N) is 1. The largest absolute Gasteiger partial charge is 0.508 e. The summed E-state index contributed by atoms with van der Waals surface area (Å²) in [6, 6.07) is 31.1. The minimum atomic E-state index is -0.797. The molecule has 5 aliphatic rings. The van der Waals surface area contributed by atoms with Crippen LogP contribution in [-0.4, -0.2) is 95.9 Å². The fraction of sp³-hybridized carbons (Fsp3) is 0.383. The van der Waals surface area contributed by atoms with Crippen LogP contribution in [0.2, 0.25) is 0 Å². The topological polar surface area (TPSA) is 96.4 Å². The van der Waals surface area contributed by atoms with Gasteiger partial charge in [0.2, 0.25) is 5.91 Å². The second-order valence-electron chi connectivity index (χ2n) is 16.4. The van der Waals surface area contributed by atoms with E-state index in [1.807, 2.05) is 24.3 Å². The van der Waals surface area contributed by atoms with Crippen LogP contribution >= 0.6 is 0 Å². The number of hydrogen-bond donors (Lipinski definition) is 2. The molecule has 9 nitrogen and oxygen atoms in total. The van der Waals surface area contributed by atoms with Gasteiger partial charge in [-0.25, -0.2) is 0 Å². The third-order valence-corrected chi connectivity index (χ3v) is 13.2. The minimum absolute atomic E-state index is 0.271. The summed E-state index contributed by atoms with van der Waals surface area (Å²) in [5.41, 5.74) is 9.13. The number of anilines is 1. The molecule has 288 valence electrons. The summed E-state index contributed by atoms with van der Waals surface area (Å²) in [4.78, 5) is 47.8. The molecule has 9 rings (SSSR count). The molecule has 4 aliphatic heterocycles. The van der Waals surface area contributed by atoms with Gasteiger partial charge in [-0.05, 0) is 122 Å². The number of fused-ring (bicyclic) bond motifs is 2. The highest BCUT2D eigenvalue weighted by Crippen LogP contribution is 2.47. The molecule has 0 aromatic heterocycles. The third-order valence-electron chi connectivity index (χ3n) is 13.2. The Morgan fingerprint density at radius 3 is 2.09 bits per heavy atom. The Labute approximate surface area is 329 Å². The minimum Gasteiger partial charge on any atom is -0.508 e. The highest BCUT2D eigenvalue weighted by atomic mass is 16.3. The van der Waals surface area contributed by atoms with E-state index in [2.05, 4.69) is 87.3 Å². The molecule has 3 saturated heterocycles. The first-order valence-corrected chi connectivity index (χ1v) is 20.5. The van der Waals surface area contributed by atoms with Gasteiger partial charge in [-0.1, -0.05) is 67.2 Å². The molecule has 2 N–H and O–H groups in total. The van der Waals surface area contributed by atoms with Crippen molar-refractivity contribution in [1.29, 1.82) is 0 Å². The fourth-order valence-corrected chi connectivity index (χ4v) is 9.99. The summed E-state index contributed by atoms with van der Waals surface area (Å²) in [5, 5.41) is 12.9. The fourth-order valence-electron chi connectivity index (χ4n) is 9.99. The molecule has 4 aromatic carbocycles. The molecule has 4 aromatic rings. The van der Waals surface area contributed by atoms with Gasteiger partial charge in [-0.15, -0.1) is 0 Å². The SMILES string of the molecule is C=C1CCC(N2C(=O)c3ccc(N4CCN(CCN5CCC(c6ccc([C@H]7c8ccc(O)cc8CC[C@H]7c7ccccc7)cc6)CC5)CC4)cc3C2=O)C(=O)N1. The number of allylic oxidation sites excluding steroid dienone is 1. The maximum atomic E-state index is 13.4. The molecule has 3 fully saturated rings. The van der Waals surface area contributed by atoms with Crippen molar-refractivity contribution >= 4 is 23.4 Å². The van der Waals surface area contributed by atoms with Crippen molar-refractivity contribution in [1.82, 2.24) is 20.0 Å². The second-order valence-corrected chi connectivity index (χ2v) is 16.4. The summed E-state index contributed by atoms with van der Waals surface area (Å²) < 4.78 is 0. The second kappa shape index (κ2) is 15.4. The van der Waals surface area contributed by atoms with E-state index in [4.69, 9.17) is 0 Å². The molecule has 0 saturated carbocycles. The summed E-state index contributed by atoms with van der Waals surface area (Å²) in [5.74, 6) is 0.488. The summed E-state index contributed by atoms with van der Waals surface area (Å²) in [6.07, 6.45) is 5.34. The van der Waals surface area contributed by atoms with Crippen molar-refractivity contribution in [2.75, 3.05) is 57.3 Å².